The Hall–Kier alpha value is -1.82. The van der Waals surface area contributed by atoms with Crippen molar-refractivity contribution in [3.63, 3.8) is 0 Å². The topological polar surface area (TPSA) is 59.1 Å². The first-order valence-electron chi connectivity index (χ1n) is 5.90. The molecule has 2 N–H and O–H groups in total. The normalized spacial score (nSPS) is 10.1. The molecule has 2 rings (SSSR count). The number of nitrogens with one attached hydrogen (secondary N) is 2. The second-order valence-electron chi connectivity index (χ2n) is 3.80. The van der Waals surface area contributed by atoms with Crippen molar-refractivity contribution in [3.8, 4) is 5.75 Å². The molecule has 0 saturated carbocycles. The minimum atomic E-state index is 0.606. The Morgan fingerprint density at radius 3 is 2.89 bits per heavy atom. The van der Waals surface area contributed by atoms with Crippen LogP contribution >= 0.6 is 15.9 Å². The highest BCUT2D eigenvalue weighted by molar-refractivity contribution is 9.10. The fourth-order valence-corrected chi connectivity index (χ4v) is 2.04. The van der Waals surface area contributed by atoms with E-state index >= 15 is 0 Å². The highest BCUT2D eigenvalue weighted by atomic mass is 79.9. The molecular weight excluding hydrogens is 308 g/mol. The molecule has 1 aromatic heterocycles. The summed E-state index contributed by atoms with van der Waals surface area (Å²) < 4.78 is 6.16. The van der Waals surface area contributed by atoms with Gasteiger partial charge in [-0.3, -0.25) is 0 Å². The van der Waals surface area contributed by atoms with E-state index in [4.69, 9.17) is 4.74 Å². The highest BCUT2D eigenvalue weighted by Gasteiger charge is 2.02. The summed E-state index contributed by atoms with van der Waals surface area (Å²) in [6.45, 7) is 2.79. The molecule has 1 heterocycles. The molecule has 0 bridgehead atoms. The Kier molecular flexibility index (Phi) is 4.57. The molecule has 5 nitrogen and oxygen atoms in total. The minimum absolute atomic E-state index is 0.606. The van der Waals surface area contributed by atoms with Crippen LogP contribution in [0.4, 0.5) is 17.5 Å². The lowest BCUT2D eigenvalue weighted by molar-refractivity contribution is 0.415. The number of methoxy groups -OCH3 is 1. The van der Waals surface area contributed by atoms with Gasteiger partial charge in [-0.1, -0.05) is 15.9 Å². The number of hydrogen-bond donors (Lipinski definition) is 2. The van der Waals surface area contributed by atoms with Crippen LogP contribution in [0.3, 0.4) is 0 Å². The van der Waals surface area contributed by atoms with E-state index in [1.165, 1.54) is 0 Å². The predicted octanol–water partition coefficient (Wildman–Crippen LogP) is 3.42. The third kappa shape index (κ3) is 3.82. The number of benzene rings is 1. The van der Waals surface area contributed by atoms with Gasteiger partial charge in [0.25, 0.3) is 0 Å². The molecule has 0 saturated heterocycles. The van der Waals surface area contributed by atoms with Crippen molar-refractivity contribution in [1.82, 2.24) is 9.97 Å². The molecule has 0 aliphatic heterocycles. The van der Waals surface area contributed by atoms with E-state index in [0.717, 1.165) is 28.3 Å². The first-order chi connectivity index (χ1) is 9.21. The van der Waals surface area contributed by atoms with Crippen LogP contribution in [-0.2, 0) is 0 Å². The fraction of sp³-hybridized carbons (Fsp3) is 0.231. The minimum Gasteiger partial charge on any atom is -0.497 e. The van der Waals surface area contributed by atoms with Crippen molar-refractivity contribution < 1.29 is 4.74 Å². The van der Waals surface area contributed by atoms with E-state index in [0.29, 0.717) is 5.95 Å². The maximum atomic E-state index is 5.22. The van der Waals surface area contributed by atoms with Gasteiger partial charge in [-0.15, -0.1) is 0 Å². The van der Waals surface area contributed by atoms with Crippen LogP contribution in [-0.4, -0.2) is 23.6 Å². The Morgan fingerprint density at radius 1 is 1.32 bits per heavy atom. The molecule has 1 aromatic carbocycles. The van der Waals surface area contributed by atoms with E-state index in [2.05, 4.69) is 36.5 Å². The van der Waals surface area contributed by atoms with Gasteiger partial charge in [-0.05, 0) is 25.1 Å². The average molecular weight is 323 g/mol. The van der Waals surface area contributed by atoms with Gasteiger partial charge in [0.05, 0.1) is 7.11 Å². The smallest absolute Gasteiger partial charge is 0.224 e. The number of anilines is 3. The number of ether oxygens (including phenoxy) is 1. The van der Waals surface area contributed by atoms with Gasteiger partial charge >= 0.3 is 0 Å². The van der Waals surface area contributed by atoms with Crippen molar-refractivity contribution >= 4 is 33.4 Å². The van der Waals surface area contributed by atoms with E-state index in [-0.39, 0.29) is 0 Å². The molecule has 0 aliphatic rings. The Morgan fingerprint density at radius 2 is 2.16 bits per heavy atom. The standard InChI is InChI=1S/C13H15BrN4O/c1-3-15-13-16-5-4-12(18-13)17-10-6-9(14)7-11(8-10)19-2/h4-8H,3H2,1-2H3,(H2,15,16,17,18). The average Bonchev–Trinajstić information content (AvgIpc) is 2.39. The largest absolute Gasteiger partial charge is 0.497 e. The van der Waals surface area contributed by atoms with Crippen LogP contribution in [0.25, 0.3) is 0 Å². The SMILES string of the molecule is CCNc1nccc(Nc2cc(Br)cc(OC)c2)n1. The maximum Gasteiger partial charge on any atom is 0.224 e. The van der Waals surface area contributed by atoms with Crippen LogP contribution < -0.4 is 15.4 Å². The van der Waals surface area contributed by atoms with Crippen molar-refractivity contribution in [2.24, 2.45) is 0 Å². The van der Waals surface area contributed by atoms with Gasteiger partial charge in [0.2, 0.25) is 5.95 Å². The summed E-state index contributed by atoms with van der Waals surface area (Å²) in [5.74, 6) is 2.11. The van der Waals surface area contributed by atoms with Gasteiger partial charge in [0, 0.05) is 29.0 Å². The van der Waals surface area contributed by atoms with Crippen molar-refractivity contribution in [3.05, 3.63) is 34.9 Å². The quantitative estimate of drug-likeness (QED) is 0.883. The number of nitrogens with zero attached hydrogens (tertiary/aromatic N) is 2. The summed E-state index contributed by atoms with van der Waals surface area (Å²) in [6, 6.07) is 7.57. The number of hydrogen-bond acceptors (Lipinski definition) is 5. The number of aromatic nitrogens is 2. The molecule has 0 unspecified atom stereocenters. The zero-order valence-corrected chi connectivity index (χ0v) is 12.4. The molecule has 2 aromatic rings. The molecule has 6 heteroatoms. The molecule has 0 radical (unpaired) electrons. The molecule has 0 spiro atoms. The Labute approximate surface area is 120 Å². The van der Waals surface area contributed by atoms with Gasteiger partial charge in [0.1, 0.15) is 11.6 Å². The van der Waals surface area contributed by atoms with Gasteiger partial charge in [0.15, 0.2) is 0 Å². The summed E-state index contributed by atoms with van der Waals surface area (Å²) in [6.07, 6.45) is 1.71. The molecule has 19 heavy (non-hydrogen) atoms. The lowest BCUT2D eigenvalue weighted by atomic mass is 10.3. The van der Waals surface area contributed by atoms with E-state index in [9.17, 15) is 0 Å². The zero-order chi connectivity index (χ0) is 13.7. The third-order valence-corrected chi connectivity index (χ3v) is 2.83. The fourth-order valence-electron chi connectivity index (χ4n) is 1.57. The van der Waals surface area contributed by atoms with Crippen molar-refractivity contribution in [1.29, 1.82) is 0 Å². The maximum absolute atomic E-state index is 5.22. The van der Waals surface area contributed by atoms with Gasteiger partial charge in [-0.2, -0.15) is 4.98 Å². The van der Waals surface area contributed by atoms with Gasteiger partial charge in [-0.25, -0.2) is 4.98 Å². The molecule has 0 amide bonds. The highest BCUT2D eigenvalue weighted by Crippen LogP contribution is 2.26. The van der Waals surface area contributed by atoms with Crippen molar-refractivity contribution in [2.75, 3.05) is 24.3 Å². The van der Waals surface area contributed by atoms with E-state index in [1.54, 1.807) is 13.3 Å². The van der Waals surface area contributed by atoms with Crippen LogP contribution in [0.1, 0.15) is 6.92 Å². The number of rotatable bonds is 5. The molecule has 0 aliphatic carbocycles. The molecule has 100 valence electrons. The summed E-state index contributed by atoms with van der Waals surface area (Å²) in [7, 11) is 1.64. The summed E-state index contributed by atoms with van der Waals surface area (Å²) in [4.78, 5) is 8.48. The predicted molar refractivity (Wildman–Crippen MR) is 80.2 cm³/mol. The second kappa shape index (κ2) is 6.38. The summed E-state index contributed by atoms with van der Waals surface area (Å²) in [5, 5.41) is 6.29. The monoisotopic (exact) mass is 322 g/mol. The summed E-state index contributed by atoms with van der Waals surface area (Å²) in [5.41, 5.74) is 0.896. The van der Waals surface area contributed by atoms with Crippen molar-refractivity contribution in [2.45, 2.75) is 6.92 Å². The molecule has 0 atom stereocenters. The second-order valence-corrected chi connectivity index (χ2v) is 4.72. The van der Waals surface area contributed by atoms with Crippen LogP contribution in [0, 0.1) is 0 Å². The lowest BCUT2D eigenvalue weighted by Crippen LogP contribution is -2.03. The molecule has 0 fully saturated rings. The number of halogens is 1. The zero-order valence-electron chi connectivity index (χ0n) is 10.8. The van der Waals surface area contributed by atoms with Crippen LogP contribution in [0.5, 0.6) is 5.75 Å². The Bertz CT molecular complexity index is 562. The summed E-state index contributed by atoms with van der Waals surface area (Å²) >= 11 is 3.44. The first kappa shape index (κ1) is 13.6. The van der Waals surface area contributed by atoms with E-state index in [1.807, 2.05) is 31.2 Å². The molecular formula is C13H15BrN4O. The third-order valence-electron chi connectivity index (χ3n) is 2.37. The Balaban J connectivity index is 2.20. The van der Waals surface area contributed by atoms with Gasteiger partial charge < -0.3 is 15.4 Å². The first-order valence-corrected chi connectivity index (χ1v) is 6.69. The van der Waals surface area contributed by atoms with Crippen LogP contribution in [0.2, 0.25) is 0 Å². The van der Waals surface area contributed by atoms with E-state index < -0.39 is 0 Å². The van der Waals surface area contributed by atoms with Crippen LogP contribution in [0.15, 0.2) is 34.9 Å². The lowest BCUT2D eigenvalue weighted by Gasteiger charge is -2.09.